The van der Waals surface area contributed by atoms with Crippen LogP contribution in [0.25, 0.3) is 6.08 Å². The average molecular weight is 586 g/mol. The Labute approximate surface area is 244 Å². The van der Waals surface area contributed by atoms with E-state index in [4.69, 9.17) is 14.2 Å². The minimum Gasteiger partial charge on any atom is -0.497 e. The van der Waals surface area contributed by atoms with E-state index in [1.54, 1.807) is 68.0 Å². The minimum absolute atomic E-state index is 0.0241. The highest BCUT2D eigenvalue weighted by Gasteiger charge is 2.33. The van der Waals surface area contributed by atoms with E-state index in [0.717, 1.165) is 16.7 Å². The van der Waals surface area contributed by atoms with Gasteiger partial charge < -0.3 is 14.2 Å². The first-order valence-electron chi connectivity index (χ1n) is 13.1. The molecule has 214 valence electrons. The molecule has 4 aromatic rings. The predicted molar refractivity (Wildman–Crippen MR) is 157 cm³/mol. The zero-order valence-corrected chi connectivity index (χ0v) is 23.9. The largest absolute Gasteiger partial charge is 0.497 e. The summed E-state index contributed by atoms with van der Waals surface area (Å²) < 4.78 is 18.4. The fraction of sp³-hybridized carbons (Fsp3) is 0.194. The van der Waals surface area contributed by atoms with Crippen molar-refractivity contribution in [3.63, 3.8) is 0 Å². The molecule has 0 spiro atoms. The number of non-ortho nitro benzene ring substituents is 1. The molecular formula is C31H27N3O7S. The Morgan fingerprint density at radius 2 is 1.71 bits per heavy atom. The highest BCUT2D eigenvalue weighted by atomic mass is 32.1. The highest BCUT2D eigenvalue weighted by Crippen LogP contribution is 2.31. The Kier molecular flexibility index (Phi) is 8.30. The Balaban J connectivity index is 1.45. The number of aromatic nitrogens is 1. The molecule has 1 atom stereocenters. The summed E-state index contributed by atoms with van der Waals surface area (Å²) in [6.07, 6.45) is 1.78. The Bertz CT molecular complexity index is 1840. The molecule has 1 aromatic heterocycles. The maximum Gasteiger partial charge on any atom is 0.338 e. The third-order valence-corrected chi connectivity index (χ3v) is 7.66. The normalized spacial score (nSPS) is 14.6. The van der Waals surface area contributed by atoms with Crippen LogP contribution in [0.5, 0.6) is 11.5 Å². The molecule has 0 N–H and O–H groups in total. The molecule has 0 aliphatic carbocycles. The SMILES string of the molecule is CCOC(=O)C1=C(C)N=c2sc(=Cc3ccc(OCc4ccc([N+](=O)[O-])cc4)cc3)c(=O)n2C1c1ccc(OC)cc1. The lowest BCUT2D eigenvalue weighted by Gasteiger charge is -2.24. The van der Waals surface area contributed by atoms with Gasteiger partial charge in [0.15, 0.2) is 4.80 Å². The van der Waals surface area contributed by atoms with Gasteiger partial charge in [0.2, 0.25) is 0 Å². The lowest BCUT2D eigenvalue weighted by molar-refractivity contribution is -0.384. The van der Waals surface area contributed by atoms with Crippen LogP contribution in [-0.2, 0) is 16.1 Å². The highest BCUT2D eigenvalue weighted by molar-refractivity contribution is 7.07. The second kappa shape index (κ2) is 12.2. The summed E-state index contributed by atoms with van der Waals surface area (Å²) >= 11 is 1.25. The number of carbonyl (C=O) groups excluding carboxylic acids is 1. The van der Waals surface area contributed by atoms with Crippen LogP contribution < -0.4 is 24.4 Å². The van der Waals surface area contributed by atoms with Crippen LogP contribution in [-0.4, -0.2) is 29.2 Å². The number of fused-ring (bicyclic) bond motifs is 1. The molecule has 11 heteroatoms. The van der Waals surface area contributed by atoms with Crippen LogP contribution in [0.2, 0.25) is 0 Å². The molecule has 0 fully saturated rings. The first-order valence-corrected chi connectivity index (χ1v) is 13.9. The number of ether oxygens (including phenoxy) is 3. The molecule has 0 amide bonds. The molecule has 42 heavy (non-hydrogen) atoms. The topological polar surface area (TPSA) is 122 Å². The molecule has 1 aliphatic rings. The second-order valence-electron chi connectivity index (χ2n) is 9.36. The number of nitrogens with zero attached hydrogens (tertiary/aromatic N) is 3. The van der Waals surface area contributed by atoms with Gasteiger partial charge in [-0.25, -0.2) is 9.79 Å². The number of rotatable bonds is 9. The monoisotopic (exact) mass is 585 g/mol. The molecule has 1 aliphatic heterocycles. The van der Waals surface area contributed by atoms with Crippen molar-refractivity contribution in [1.29, 1.82) is 0 Å². The van der Waals surface area contributed by atoms with Gasteiger partial charge >= 0.3 is 5.97 Å². The zero-order chi connectivity index (χ0) is 29.8. The van der Waals surface area contributed by atoms with Crippen molar-refractivity contribution in [2.75, 3.05) is 13.7 Å². The van der Waals surface area contributed by atoms with Crippen LogP contribution in [0.15, 0.2) is 93.9 Å². The third-order valence-electron chi connectivity index (χ3n) is 6.68. The van der Waals surface area contributed by atoms with Crippen molar-refractivity contribution >= 4 is 29.1 Å². The van der Waals surface area contributed by atoms with E-state index in [2.05, 4.69) is 4.99 Å². The maximum atomic E-state index is 13.8. The Hall–Kier alpha value is -5.03. The van der Waals surface area contributed by atoms with Crippen LogP contribution in [0.1, 0.15) is 36.6 Å². The van der Waals surface area contributed by atoms with Gasteiger partial charge in [-0.15, -0.1) is 0 Å². The zero-order valence-electron chi connectivity index (χ0n) is 23.1. The van der Waals surface area contributed by atoms with Gasteiger partial charge in [-0.3, -0.25) is 19.5 Å². The number of hydrogen-bond acceptors (Lipinski definition) is 9. The van der Waals surface area contributed by atoms with E-state index in [1.807, 2.05) is 24.3 Å². The van der Waals surface area contributed by atoms with E-state index in [-0.39, 0.29) is 24.5 Å². The van der Waals surface area contributed by atoms with Gasteiger partial charge in [0.05, 0.1) is 40.5 Å². The first-order chi connectivity index (χ1) is 20.3. The van der Waals surface area contributed by atoms with Crippen LogP contribution >= 0.6 is 11.3 Å². The van der Waals surface area contributed by atoms with Crippen LogP contribution in [0.4, 0.5) is 5.69 Å². The van der Waals surface area contributed by atoms with Crippen LogP contribution in [0, 0.1) is 10.1 Å². The molecule has 0 saturated heterocycles. The van der Waals surface area contributed by atoms with Gasteiger partial charge in [-0.05, 0) is 73.0 Å². The first kappa shape index (κ1) is 28.5. The molecule has 1 unspecified atom stereocenters. The lowest BCUT2D eigenvalue weighted by atomic mass is 9.96. The number of nitro groups is 1. The summed E-state index contributed by atoms with van der Waals surface area (Å²) in [6.45, 7) is 3.93. The van der Waals surface area contributed by atoms with Gasteiger partial charge in [-0.1, -0.05) is 35.6 Å². The fourth-order valence-electron chi connectivity index (χ4n) is 4.59. The molecule has 2 heterocycles. The summed E-state index contributed by atoms with van der Waals surface area (Å²) in [7, 11) is 1.57. The van der Waals surface area contributed by atoms with Gasteiger partial charge in [0.1, 0.15) is 18.1 Å². The van der Waals surface area contributed by atoms with E-state index in [9.17, 15) is 19.7 Å². The summed E-state index contributed by atoms with van der Waals surface area (Å²) in [5.74, 6) is 0.754. The summed E-state index contributed by atoms with van der Waals surface area (Å²) in [5, 5.41) is 10.8. The summed E-state index contributed by atoms with van der Waals surface area (Å²) in [4.78, 5) is 42.3. The van der Waals surface area contributed by atoms with Gasteiger partial charge in [0.25, 0.3) is 11.2 Å². The maximum absolute atomic E-state index is 13.8. The molecule has 0 radical (unpaired) electrons. The smallest absolute Gasteiger partial charge is 0.338 e. The third kappa shape index (κ3) is 5.86. The second-order valence-corrected chi connectivity index (χ2v) is 10.4. The number of benzene rings is 3. The minimum atomic E-state index is -0.705. The molecule has 3 aromatic carbocycles. The van der Waals surface area contributed by atoms with Crippen molar-refractivity contribution in [2.45, 2.75) is 26.5 Å². The Morgan fingerprint density at radius 3 is 2.33 bits per heavy atom. The average Bonchev–Trinajstić information content (AvgIpc) is 3.30. The number of hydrogen-bond donors (Lipinski definition) is 0. The molecule has 0 bridgehead atoms. The quantitative estimate of drug-likeness (QED) is 0.163. The molecular weight excluding hydrogens is 558 g/mol. The van der Waals surface area contributed by atoms with Crippen molar-refractivity contribution in [1.82, 2.24) is 4.57 Å². The number of allylic oxidation sites excluding steroid dienone is 1. The van der Waals surface area contributed by atoms with Crippen molar-refractivity contribution < 1.29 is 23.9 Å². The predicted octanol–water partition coefficient (Wildman–Crippen LogP) is 4.29. The number of esters is 1. The summed E-state index contributed by atoms with van der Waals surface area (Å²) in [5.41, 5.74) is 2.88. The fourth-order valence-corrected chi connectivity index (χ4v) is 5.63. The Morgan fingerprint density at radius 1 is 1.05 bits per heavy atom. The van der Waals surface area contributed by atoms with Crippen molar-refractivity contribution in [3.05, 3.63) is 131 Å². The van der Waals surface area contributed by atoms with E-state index in [0.29, 0.717) is 32.1 Å². The lowest BCUT2D eigenvalue weighted by Crippen LogP contribution is -2.39. The molecule has 0 saturated carbocycles. The molecule has 5 rings (SSSR count). The number of nitro benzene ring substituents is 1. The van der Waals surface area contributed by atoms with E-state index in [1.165, 1.54) is 23.5 Å². The van der Waals surface area contributed by atoms with Crippen molar-refractivity contribution in [2.24, 2.45) is 4.99 Å². The number of carbonyl (C=O) groups is 1. The van der Waals surface area contributed by atoms with Crippen molar-refractivity contribution in [3.8, 4) is 11.5 Å². The van der Waals surface area contributed by atoms with E-state index < -0.39 is 16.9 Å². The standard InChI is InChI=1S/C31H27N3O7S/c1-4-40-30(36)27-19(2)32-31-33(28(27)22-9-15-24(39-3)16-10-22)29(35)26(42-31)17-20-7-13-25(14-8-20)41-18-21-5-11-23(12-6-21)34(37)38/h5-17,28H,4,18H2,1-3H3. The van der Waals surface area contributed by atoms with E-state index >= 15 is 0 Å². The summed E-state index contributed by atoms with van der Waals surface area (Å²) in [6, 6.07) is 20.0. The van der Waals surface area contributed by atoms with Gasteiger partial charge in [-0.2, -0.15) is 0 Å². The van der Waals surface area contributed by atoms with Crippen LogP contribution in [0.3, 0.4) is 0 Å². The number of thiazole rings is 1. The van der Waals surface area contributed by atoms with Gasteiger partial charge in [0, 0.05) is 12.1 Å². The molecule has 10 nitrogen and oxygen atoms in total. The number of methoxy groups -OCH3 is 1.